The summed E-state index contributed by atoms with van der Waals surface area (Å²) in [5, 5.41) is 0. The van der Waals surface area contributed by atoms with E-state index in [-0.39, 0.29) is 0 Å². The molecule has 4 fully saturated rings. The molecule has 0 N–H and O–H groups in total. The van der Waals surface area contributed by atoms with E-state index < -0.39 is 0 Å². The van der Waals surface area contributed by atoms with Crippen molar-refractivity contribution >= 4 is 0 Å². The van der Waals surface area contributed by atoms with Gasteiger partial charge in [0.25, 0.3) is 0 Å². The smallest absolute Gasteiger partial charge is 0.00983 e. The van der Waals surface area contributed by atoms with Crippen molar-refractivity contribution in [2.24, 2.45) is 52.3 Å². The van der Waals surface area contributed by atoms with Crippen LogP contribution in [0.4, 0.5) is 0 Å². The highest BCUT2D eigenvalue weighted by Crippen LogP contribution is 2.68. The zero-order chi connectivity index (χ0) is 45.7. The van der Waals surface area contributed by atoms with Crippen molar-refractivity contribution in [1.82, 2.24) is 4.90 Å². The van der Waals surface area contributed by atoms with Crippen LogP contribution in [0, 0.1) is 52.3 Å². The van der Waals surface area contributed by atoms with Crippen LogP contribution in [-0.2, 0) is 0 Å². The predicted molar refractivity (Wildman–Crippen MR) is 288 cm³/mol. The van der Waals surface area contributed by atoms with Gasteiger partial charge < -0.3 is 4.90 Å². The molecule has 0 heterocycles. The van der Waals surface area contributed by atoms with E-state index in [4.69, 9.17) is 0 Å². The van der Waals surface area contributed by atoms with Crippen LogP contribution in [0.15, 0.2) is 0 Å². The first-order valence-corrected chi connectivity index (χ1v) is 31.0. The van der Waals surface area contributed by atoms with E-state index in [9.17, 15) is 0 Å². The van der Waals surface area contributed by atoms with Crippen molar-refractivity contribution in [3.63, 3.8) is 0 Å². The highest BCUT2D eigenvalue weighted by Gasteiger charge is 2.60. The molecule has 4 rings (SSSR count). The fourth-order valence-electron chi connectivity index (χ4n) is 15.8. The number of nitrogens with zero attached hydrogens (tertiary/aromatic N) is 1. The normalized spacial score (nSPS) is 28.5. The summed E-state index contributed by atoms with van der Waals surface area (Å²) < 4.78 is 0. The molecule has 0 aromatic heterocycles. The van der Waals surface area contributed by atoms with Crippen LogP contribution >= 0.6 is 0 Å². The lowest BCUT2D eigenvalue weighted by atomic mass is 9.44. The fourth-order valence-corrected chi connectivity index (χ4v) is 15.8. The van der Waals surface area contributed by atoms with Crippen molar-refractivity contribution in [1.29, 1.82) is 0 Å². The Kier molecular flexibility index (Phi) is 29.6. The molecule has 1 unspecified atom stereocenters. The van der Waals surface area contributed by atoms with E-state index in [1.54, 1.807) is 38.5 Å². The Hall–Kier alpha value is -0.0400. The van der Waals surface area contributed by atoms with Gasteiger partial charge in [0.05, 0.1) is 0 Å². The van der Waals surface area contributed by atoms with Gasteiger partial charge in [-0.15, -0.1) is 0 Å². The van der Waals surface area contributed by atoms with E-state index in [1.165, 1.54) is 257 Å². The van der Waals surface area contributed by atoms with Crippen LogP contribution in [0.5, 0.6) is 0 Å². The Morgan fingerprint density at radius 1 is 0.406 bits per heavy atom. The Labute approximate surface area is 405 Å². The van der Waals surface area contributed by atoms with E-state index in [1.807, 2.05) is 0 Å². The van der Waals surface area contributed by atoms with Gasteiger partial charge in [-0.3, -0.25) is 0 Å². The molecule has 0 aliphatic heterocycles. The highest BCUT2D eigenvalue weighted by molar-refractivity contribution is 5.10. The quantitative estimate of drug-likeness (QED) is 0.0554. The van der Waals surface area contributed by atoms with E-state index in [0.717, 1.165) is 47.5 Å². The second kappa shape index (κ2) is 33.5. The van der Waals surface area contributed by atoms with Gasteiger partial charge in [0.15, 0.2) is 0 Å². The van der Waals surface area contributed by atoms with Gasteiger partial charge in [-0.1, -0.05) is 260 Å². The second-order valence-electron chi connectivity index (χ2n) is 25.3. The molecule has 378 valence electrons. The van der Waals surface area contributed by atoms with Crippen LogP contribution in [0.25, 0.3) is 0 Å². The maximum absolute atomic E-state index is 3.11. The SMILES string of the molecule is CCCCCCCCCCCCCCCCCCN(CCCCCCCCCCCCCCCCCC)[C@H]1CC[C@@]2(C)C(CC[C@H]3[C@@H]4CC[C@H]([C@H](C)CCCC(C)C)[C@@]4(C)CC[C@@H]32)C1. The third-order valence-electron chi connectivity index (χ3n) is 20.0. The highest BCUT2D eigenvalue weighted by atomic mass is 15.2. The number of rotatable bonds is 40. The van der Waals surface area contributed by atoms with E-state index in [0.29, 0.717) is 10.8 Å². The lowest BCUT2D eigenvalue weighted by molar-refractivity contribution is -0.124. The summed E-state index contributed by atoms with van der Waals surface area (Å²) in [7, 11) is 0. The van der Waals surface area contributed by atoms with Crippen LogP contribution in [0.3, 0.4) is 0 Å². The Morgan fingerprint density at radius 3 is 1.25 bits per heavy atom. The Balaban J connectivity index is 1.17. The summed E-state index contributed by atoms with van der Waals surface area (Å²) in [6, 6.07) is 0.874. The minimum Gasteiger partial charge on any atom is -0.300 e. The van der Waals surface area contributed by atoms with E-state index in [2.05, 4.69) is 53.4 Å². The summed E-state index contributed by atoms with van der Waals surface area (Å²) in [5.41, 5.74) is 1.26. The monoisotopic (exact) mass is 892 g/mol. The van der Waals surface area contributed by atoms with Gasteiger partial charge in [-0.2, -0.15) is 0 Å². The summed E-state index contributed by atoms with van der Waals surface area (Å²) in [6.45, 7) is 20.6. The zero-order valence-corrected chi connectivity index (χ0v) is 45.6. The van der Waals surface area contributed by atoms with Crippen LogP contribution in [0.2, 0.25) is 0 Å². The van der Waals surface area contributed by atoms with Crippen molar-refractivity contribution in [2.45, 2.75) is 337 Å². The molecular weight excluding hydrogens is 771 g/mol. The number of hydrogen-bond acceptors (Lipinski definition) is 1. The maximum Gasteiger partial charge on any atom is 0.00983 e. The van der Waals surface area contributed by atoms with Crippen molar-refractivity contribution in [3.05, 3.63) is 0 Å². The average molecular weight is 893 g/mol. The summed E-state index contributed by atoms with van der Waals surface area (Å²) >= 11 is 0. The first kappa shape index (κ1) is 56.5. The molecule has 9 atom stereocenters. The Bertz CT molecular complexity index is 1060. The van der Waals surface area contributed by atoms with Gasteiger partial charge >= 0.3 is 0 Å². The van der Waals surface area contributed by atoms with Crippen LogP contribution in [-0.4, -0.2) is 24.0 Å². The van der Waals surface area contributed by atoms with Gasteiger partial charge in [-0.25, -0.2) is 0 Å². The van der Waals surface area contributed by atoms with Gasteiger partial charge in [0.2, 0.25) is 0 Å². The third-order valence-corrected chi connectivity index (χ3v) is 20.0. The number of fused-ring (bicyclic) bond motifs is 5. The molecule has 0 saturated heterocycles. The molecule has 4 aliphatic rings. The fraction of sp³-hybridized carbons (Fsp3) is 1.00. The van der Waals surface area contributed by atoms with Crippen LogP contribution in [0.1, 0.15) is 331 Å². The number of unbranched alkanes of at least 4 members (excludes halogenated alkanes) is 30. The summed E-state index contributed by atoms with van der Waals surface area (Å²) in [6.07, 6.45) is 65.4. The molecule has 1 nitrogen and oxygen atoms in total. The molecule has 1 heteroatoms. The molecule has 0 radical (unpaired) electrons. The summed E-state index contributed by atoms with van der Waals surface area (Å²) in [5.74, 6) is 6.87. The molecular formula is C63H121N. The lowest BCUT2D eigenvalue weighted by Crippen LogP contribution is -2.55. The van der Waals surface area contributed by atoms with E-state index >= 15 is 0 Å². The average Bonchev–Trinajstić information content (AvgIpc) is 3.65. The maximum atomic E-state index is 3.11. The van der Waals surface area contributed by atoms with Crippen LogP contribution < -0.4 is 0 Å². The first-order chi connectivity index (χ1) is 31.2. The molecule has 4 saturated carbocycles. The molecule has 0 aromatic carbocycles. The van der Waals surface area contributed by atoms with Crippen molar-refractivity contribution in [2.75, 3.05) is 13.1 Å². The van der Waals surface area contributed by atoms with Gasteiger partial charge in [-0.05, 0) is 136 Å². The minimum atomic E-state index is 0.621. The Morgan fingerprint density at radius 2 is 0.812 bits per heavy atom. The first-order valence-electron chi connectivity index (χ1n) is 31.0. The second-order valence-corrected chi connectivity index (χ2v) is 25.3. The van der Waals surface area contributed by atoms with Crippen molar-refractivity contribution in [3.8, 4) is 0 Å². The molecule has 0 amide bonds. The molecule has 0 spiro atoms. The molecule has 64 heavy (non-hydrogen) atoms. The predicted octanol–water partition coefficient (Wildman–Crippen LogP) is 21.3. The zero-order valence-electron chi connectivity index (χ0n) is 45.6. The summed E-state index contributed by atoms with van der Waals surface area (Å²) in [4.78, 5) is 3.11. The number of hydrogen-bond donors (Lipinski definition) is 0. The minimum absolute atomic E-state index is 0.621. The van der Waals surface area contributed by atoms with Crippen molar-refractivity contribution < 1.29 is 0 Å². The lowest BCUT2D eigenvalue weighted by Gasteiger charge is -2.62. The molecule has 0 aromatic rings. The molecule has 0 bridgehead atoms. The largest absolute Gasteiger partial charge is 0.300 e. The third kappa shape index (κ3) is 19.8. The standard InChI is InChI=1S/C63H121N/c1-8-10-12-14-16-18-20-22-24-26-28-30-32-34-36-38-51-64(52-39-37-35-33-31-29-27-25-23-21-19-17-15-13-11-9-2)57-47-49-62(6)56(53-57)43-44-58-60-46-45-59(55(5)42-40-41-54(3)4)63(60,7)50-48-61(58)62/h54-61H,8-53H2,1-7H3/t55-,56?,57+,58+,59-,60+,61+,62+,63-/m1/s1. The van der Waals surface area contributed by atoms with Gasteiger partial charge in [0.1, 0.15) is 0 Å². The topological polar surface area (TPSA) is 3.24 Å². The van der Waals surface area contributed by atoms with Gasteiger partial charge in [0, 0.05) is 6.04 Å². The molecule has 4 aliphatic carbocycles.